The Bertz CT molecular complexity index is 1130. The Balaban J connectivity index is 1.66. The Morgan fingerprint density at radius 2 is 1.83 bits per heavy atom. The molecule has 0 spiro atoms. The third-order valence-corrected chi connectivity index (χ3v) is 6.28. The number of thioether (sulfide) groups is 1. The molecular formula is C23H23N3O2S. The number of anilines is 2. The summed E-state index contributed by atoms with van der Waals surface area (Å²) in [7, 11) is 0. The fraction of sp³-hybridized carbons (Fsp3) is 0.261. The summed E-state index contributed by atoms with van der Waals surface area (Å²) in [5.74, 6) is -0.309. The first-order chi connectivity index (χ1) is 13.8. The van der Waals surface area contributed by atoms with Crippen LogP contribution >= 0.6 is 11.8 Å². The molecule has 0 radical (unpaired) electrons. The molecule has 0 fully saturated rings. The summed E-state index contributed by atoms with van der Waals surface area (Å²) < 4.78 is 0. The van der Waals surface area contributed by atoms with Crippen molar-refractivity contribution in [2.45, 2.75) is 43.5 Å². The van der Waals surface area contributed by atoms with Crippen LogP contribution in [0.3, 0.4) is 0 Å². The number of hydrogen-bond donors (Lipinski definition) is 1. The molecule has 4 rings (SSSR count). The van der Waals surface area contributed by atoms with Crippen molar-refractivity contribution in [3.8, 4) is 0 Å². The van der Waals surface area contributed by atoms with Gasteiger partial charge in [0.05, 0.1) is 27.2 Å². The van der Waals surface area contributed by atoms with Gasteiger partial charge in [-0.25, -0.2) is 4.98 Å². The van der Waals surface area contributed by atoms with E-state index in [1.807, 2.05) is 61.5 Å². The number of nitrogens with one attached hydrogen (secondary N) is 1. The summed E-state index contributed by atoms with van der Waals surface area (Å²) in [6, 6.07) is 17.4. The van der Waals surface area contributed by atoms with Gasteiger partial charge in [0, 0.05) is 5.39 Å². The Kier molecular flexibility index (Phi) is 4.82. The Labute approximate surface area is 174 Å². The molecule has 29 heavy (non-hydrogen) atoms. The maximum Gasteiger partial charge on any atom is 0.250 e. The SMILES string of the molecule is Cc1cc(SC(C)C(=O)N2c3ccccc3NC(=O)C2(C)C)nc2ccccc12. The number of aromatic nitrogens is 1. The first-order valence-electron chi connectivity index (χ1n) is 9.56. The number of aryl methyl sites for hydroxylation is 1. The molecule has 1 aromatic heterocycles. The number of hydrogen-bond acceptors (Lipinski definition) is 4. The van der Waals surface area contributed by atoms with E-state index in [2.05, 4.69) is 12.2 Å². The van der Waals surface area contributed by atoms with Crippen LogP contribution in [0.2, 0.25) is 0 Å². The average Bonchev–Trinajstić information content (AvgIpc) is 2.68. The molecule has 0 bridgehead atoms. The lowest BCUT2D eigenvalue weighted by Gasteiger charge is -2.43. The quantitative estimate of drug-likeness (QED) is 0.637. The number of amides is 2. The minimum Gasteiger partial charge on any atom is -0.322 e. The summed E-state index contributed by atoms with van der Waals surface area (Å²) in [4.78, 5) is 32.4. The highest BCUT2D eigenvalue weighted by Crippen LogP contribution is 2.38. The van der Waals surface area contributed by atoms with Crippen LogP contribution in [-0.4, -0.2) is 27.6 Å². The van der Waals surface area contributed by atoms with Gasteiger partial charge < -0.3 is 5.32 Å². The van der Waals surface area contributed by atoms with Crippen LogP contribution in [0.25, 0.3) is 10.9 Å². The largest absolute Gasteiger partial charge is 0.322 e. The van der Waals surface area contributed by atoms with Crippen molar-refractivity contribution < 1.29 is 9.59 Å². The minimum atomic E-state index is -0.979. The number of rotatable bonds is 3. The summed E-state index contributed by atoms with van der Waals surface area (Å²) in [5.41, 5.74) is 2.44. The number of benzene rings is 2. The number of carbonyl (C=O) groups is 2. The van der Waals surface area contributed by atoms with E-state index in [-0.39, 0.29) is 11.8 Å². The van der Waals surface area contributed by atoms with Gasteiger partial charge in [0.25, 0.3) is 0 Å². The smallest absolute Gasteiger partial charge is 0.250 e. The van der Waals surface area contributed by atoms with Gasteiger partial charge in [-0.2, -0.15) is 0 Å². The molecule has 2 heterocycles. The summed E-state index contributed by atoms with van der Waals surface area (Å²) in [5, 5.41) is 4.41. The number of carbonyl (C=O) groups excluding carboxylic acids is 2. The Morgan fingerprint density at radius 3 is 2.62 bits per heavy atom. The normalized spacial score (nSPS) is 16.3. The maximum atomic E-state index is 13.5. The van der Waals surface area contributed by atoms with Crippen LogP contribution in [0, 0.1) is 6.92 Å². The second-order valence-electron chi connectivity index (χ2n) is 7.76. The molecule has 1 unspecified atom stereocenters. The number of fused-ring (bicyclic) bond motifs is 2. The first-order valence-corrected chi connectivity index (χ1v) is 10.4. The third kappa shape index (κ3) is 3.38. The lowest BCUT2D eigenvalue weighted by molar-refractivity contribution is -0.126. The molecule has 5 nitrogen and oxygen atoms in total. The number of pyridine rings is 1. The molecule has 2 aromatic carbocycles. The van der Waals surface area contributed by atoms with Crippen LogP contribution in [0.1, 0.15) is 26.3 Å². The Hall–Kier alpha value is -2.86. The topological polar surface area (TPSA) is 62.3 Å². The van der Waals surface area contributed by atoms with Gasteiger partial charge in [-0.1, -0.05) is 42.1 Å². The fourth-order valence-corrected chi connectivity index (χ4v) is 4.60. The highest BCUT2D eigenvalue weighted by molar-refractivity contribution is 8.00. The van der Waals surface area contributed by atoms with Crippen LogP contribution in [-0.2, 0) is 9.59 Å². The number of nitrogens with zero attached hydrogens (tertiary/aromatic N) is 2. The lowest BCUT2D eigenvalue weighted by Crippen LogP contribution is -2.60. The van der Waals surface area contributed by atoms with Crippen molar-refractivity contribution in [2.24, 2.45) is 0 Å². The molecule has 0 saturated carbocycles. The van der Waals surface area contributed by atoms with Crippen LogP contribution in [0.15, 0.2) is 59.6 Å². The molecule has 1 N–H and O–H groups in total. The summed E-state index contributed by atoms with van der Waals surface area (Å²) >= 11 is 1.42. The second-order valence-corrected chi connectivity index (χ2v) is 9.12. The van der Waals surface area contributed by atoms with Crippen LogP contribution in [0.5, 0.6) is 0 Å². The first kappa shape index (κ1) is 19.5. The van der Waals surface area contributed by atoms with Crippen LogP contribution < -0.4 is 10.2 Å². The van der Waals surface area contributed by atoms with Crippen molar-refractivity contribution in [2.75, 3.05) is 10.2 Å². The molecule has 2 amide bonds. The summed E-state index contributed by atoms with van der Waals surface area (Å²) in [6.45, 7) is 7.46. The van der Waals surface area contributed by atoms with Crippen molar-refractivity contribution in [1.29, 1.82) is 0 Å². The monoisotopic (exact) mass is 405 g/mol. The van der Waals surface area contributed by atoms with Crippen LogP contribution in [0.4, 0.5) is 11.4 Å². The summed E-state index contributed by atoms with van der Waals surface area (Å²) in [6.07, 6.45) is 0. The molecule has 148 valence electrons. The molecule has 1 atom stereocenters. The zero-order valence-electron chi connectivity index (χ0n) is 16.9. The van der Waals surface area contributed by atoms with Gasteiger partial charge in [0.1, 0.15) is 5.54 Å². The van der Waals surface area contributed by atoms with Gasteiger partial charge in [0.2, 0.25) is 11.8 Å². The molecule has 3 aromatic rings. The zero-order valence-corrected chi connectivity index (χ0v) is 17.7. The lowest BCUT2D eigenvalue weighted by atomic mass is 9.96. The van der Waals surface area contributed by atoms with Gasteiger partial charge in [-0.15, -0.1) is 0 Å². The highest BCUT2D eigenvalue weighted by Gasteiger charge is 2.44. The zero-order chi connectivity index (χ0) is 20.8. The molecular weight excluding hydrogens is 382 g/mol. The predicted octanol–water partition coefficient (Wildman–Crippen LogP) is 4.79. The Morgan fingerprint density at radius 1 is 1.14 bits per heavy atom. The van der Waals surface area contributed by atoms with Crippen molar-refractivity contribution in [3.63, 3.8) is 0 Å². The van der Waals surface area contributed by atoms with E-state index < -0.39 is 10.8 Å². The average molecular weight is 406 g/mol. The van der Waals surface area contributed by atoms with Gasteiger partial charge in [0.15, 0.2) is 0 Å². The third-order valence-electron chi connectivity index (χ3n) is 5.27. The van der Waals surface area contributed by atoms with E-state index in [0.29, 0.717) is 5.69 Å². The van der Waals surface area contributed by atoms with E-state index in [1.165, 1.54) is 11.8 Å². The highest BCUT2D eigenvalue weighted by atomic mass is 32.2. The second kappa shape index (κ2) is 7.19. The fourth-order valence-electron chi connectivity index (χ4n) is 3.64. The van der Waals surface area contributed by atoms with E-state index in [9.17, 15) is 9.59 Å². The van der Waals surface area contributed by atoms with E-state index in [4.69, 9.17) is 4.98 Å². The molecule has 1 aliphatic heterocycles. The van der Waals surface area contributed by atoms with Gasteiger partial charge in [-0.3, -0.25) is 14.5 Å². The molecule has 6 heteroatoms. The maximum absolute atomic E-state index is 13.5. The minimum absolute atomic E-state index is 0.116. The van der Waals surface area contributed by atoms with E-state index >= 15 is 0 Å². The predicted molar refractivity (Wildman–Crippen MR) is 118 cm³/mol. The standard InChI is InChI=1S/C23H23N3O2S/c1-14-13-20(24-17-10-6-5-9-16(14)17)29-15(2)21(27)26-19-12-8-7-11-18(19)25-22(28)23(26,3)4/h5-13,15H,1-4H3,(H,25,28). The van der Waals surface area contributed by atoms with E-state index in [1.54, 1.807) is 18.7 Å². The van der Waals surface area contributed by atoms with Crippen molar-refractivity contribution in [1.82, 2.24) is 4.98 Å². The van der Waals surface area contributed by atoms with E-state index in [0.717, 1.165) is 27.2 Å². The molecule has 0 aliphatic carbocycles. The van der Waals surface area contributed by atoms with Gasteiger partial charge >= 0.3 is 0 Å². The number of para-hydroxylation sites is 3. The molecule has 0 saturated heterocycles. The van der Waals surface area contributed by atoms with Crippen molar-refractivity contribution in [3.05, 3.63) is 60.2 Å². The molecule has 1 aliphatic rings. The van der Waals surface area contributed by atoms with Gasteiger partial charge in [-0.05, 0) is 57.5 Å². The van der Waals surface area contributed by atoms with Crippen molar-refractivity contribution >= 4 is 45.9 Å².